The summed E-state index contributed by atoms with van der Waals surface area (Å²) in [7, 11) is 1.52. The van der Waals surface area contributed by atoms with E-state index in [-0.39, 0.29) is 11.3 Å². The van der Waals surface area contributed by atoms with Crippen LogP contribution >= 0.6 is 11.6 Å². The van der Waals surface area contributed by atoms with Crippen molar-refractivity contribution in [2.75, 3.05) is 12.0 Å². The predicted octanol–water partition coefficient (Wildman–Crippen LogP) is 4.90. The van der Waals surface area contributed by atoms with E-state index in [1.807, 2.05) is 0 Å². The molecule has 0 spiro atoms. The molecular weight excluding hydrogens is 458 g/mol. The van der Waals surface area contributed by atoms with Gasteiger partial charge >= 0.3 is 5.97 Å². The number of aliphatic hydroxyl groups is 1. The number of ether oxygens (including phenoxy) is 2. The summed E-state index contributed by atoms with van der Waals surface area (Å²) in [5.41, 5.74) is 1.21. The molecule has 1 N–H and O–H groups in total. The number of hydrogen-bond donors (Lipinski definition) is 1. The van der Waals surface area contributed by atoms with Crippen molar-refractivity contribution in [1.82, 2.24) is 0 Å². The second-order valence-electron chi connectivity index (χ2n) is 7.54. The molecule has 3 aromatic rings. The van der Waals surface area contributed by atoms with Crippen LogP contribution in [0.1, 0.15) is 24.1 Å². The number of carbonyl (C=O) groups is 3. The smallest absolute Gasteiger partial charge is 0.308 e. The van der Waals surface area contributed by atoms with E-state index in [0.29, 0.717) is 33.3 Å². The second kappa shape index (κ2) is 9.41. The molecule has 3 aromatic carbocycles. The number of ketones is 1. The fraction of sp³-hybridized carbons (Fsp3) is 0.115. The van der Waals surface area contributed by atoms with Crippen LogP contribution in [0.4, 0.5) is 5.69 Å². The van der Waals surface area contributed by atoms with Crippen LogP contribution in [-0.2, 0) is 14.4 Å². The molecule has 0 saturated carbocycles. The molecule has 1 aliphatic rings. The number of nitrogens with zero attached hydrogens (tertiary/aromatic N) is 1. The minimum atomic E-state index is -0.932. The molecule has 172 valence electrons. The van der Waals surface area contributed by atoms with Gasteiger partial charge in [-0.3, -0.25) is 19.3 Å². The average molecular weight is 478 g/mol. The molecular formula is C26H20ClNO6. The number of carbonyl (C=O) groups excluding carboxylic acids is 3. The summed E-state index contributed by atoms with van der Waals surface area (Å²) < 4.78 is 10.3. The molecule has 1 heterocycles. The molecule has 1 unspecified atom stereocenters. The topological polar surface area (TPSA) is 93.1 Å². The van der Waals surface area contributed by atoms with E-state index in [1.165, 1.54) is 25.0 Å². The minimum absolute atomic E-state index is 0.0803. The summed E-state index contributed by atoms with van der Waals surface area (Å²) in [6.45, 7) is 1.29. The molecule has 1 amide bonds. The number of anilines is 1. The van der Waals surface area contributed by atoms with Crippen molar-refractivity contribution in [2.45, 2.75) is 13.0 Å². The number of amides is 1. The van der Waals surface area contributed by atoms with Gasteiger partial charge in [0.2, 0.25) is 0 Å². The molecule has 8 heteroatoms. The summed E-state index contributed by atoms with van der Waals surface area (Å²) in [5, 5.41) is 11.5. The van der Waals surface area contributed by atoms with Gasteiger partial charge in [-0.1, -0.05) is 35.9 Å². The van der Waals surface area contributed by atoms with Gasteiger partial charge in [0.15, 0.2) is 0 Å². The fourth-order valence-corrected chi connectivity index (χ4v) is 4.02. The maximum absolute atomic E-state index is 13.2. The van der Waals surface area contributed by atoms with Gasteiger partial charge in [-0.05, 0) is 54.1 Å². The zero-order valence-corrected chi connectivity index (χ0v) is 19.1. The first kappa shape index (κ1) is 23.1. The Bertz CT molecular complexity index is 1300. The van der Waals surface area contributed by atoms with E-state index in [1.54, 1.807) is 66.7 Å². The molecule has 0 aromatic heterocycles. The number of esters is 1. The third-order valence-electron chi connectivity index (χ3n) is 5.35. The highest BCUT2D eigenvalue weighted by molar-refractivity contribution is 6.51. The van der Waals surface area contributed by atoms with Crippen molar-refractivity contribution in [2.24, 2.45) is 0 Å². The highest BCUT2D eigenvalue weighted by Gasteiger charge is 2.47. The van der Waals surface area contributed by atoms with E-state index < -0.39 is 23.7 Å². The number of Topliss-reactive ketones (excluding diaryl/α,β-unsaturated/α-hetero) is 1. The van der Waals surface area contributed by atoms with Crippen molar-refractivity contribution < 1.29 is 29.0 Å². The minimum Gasteiger partial charge on any atom is -0.507 e. The zero-order valence-electron chi connectivity index (χ0n) is 18.3. The van der Waals surface area contributed by atoms with E-state index in [9.17, 15) is 19.5 Å². The lowest BCUT2D eigenvalue weighted by Gasteiger charge is -2.25. The third-order valence-corrected chi connectivity index (χ3v) is 5.59. The first-order chi connectivity index (χ1) is 16.3. The predicted molar refractivity (Wildman–Crippen MR) is 127 cm³/mol. The summed E-state index contributed by atoms with van der Waals surface area (Å²) in [6, 6.07) is 18.5. The molecule has 0 radical (unpaired) electrons. The Balaban J connectivity index is 1.89. The number of halogens is 1. The van der Waals surface area contributed by atoms with E-state index in [4.69, 9.17) is 21.1 Å². The van der Waals surface area contributed by atoms with Crippen molar-refractivity contribution in [3.05, 3.63) is 94.5 Å². The Kier molecular flexibility index (Phi) is 6.38. The van der Waals surface area contributed by atoms with Gasteiger partial charge in [0, 0.05) is 23.2 Å². The van der Waals surface area contributed by atoms with E-state index in [0.717, 1.165) is 0 Å². The Hall–Kier alpha value is -4.10. The number of methoxy groups -OCH3 is 1. The molecule has 1 saturated heterocycles. The zero-order chi connectivity index (χ0) is 24.4. The van der Waals surface area contributed by atoms with Crippen LogP contribution in [-0.4, -0.2) is 29.9 Å². The molecule has 7 nitrogen and oxygen atoms in total. The standard InChI is InChI=1S/C26H20ClNO6/c1-15(29)34-21-10-6-16(7-11-21)23-22(24(30)17-4-3-5-18(27)14-17)25(31)26(32)28(23)19-8-12-20(33-2)13-9-19/h3-14,23,30H,1-2H3/b24-22-. The normalized spacial score (nSPS) is 17.0. The van der Waals surface area contributed by atoms with Crippen LogP contribution in [0.3, 0.4) is 0 Å². The van der Waals surface area contributed by atoms with Gasteiger partial charge in [0.25, 0.3) is 11.7 Å². The second-order valence-corrected chi connectivity index (χ2v) is 7.98. The Morgan fingerprint density at radius 1 is 0.971 bits per heavy atom. The maximum atomic E-state index is 13.2. The molecule has 34 heavy (non-hydrogen) atoms. The first-order valence-electron chi connectivity index (χ1n) is 10.3. The fourth-order valence-electron chi connectivity index (χ4n) is 3.83. The van der Waals surface area contributed by atoms with Crippen molar-refractivity contribution in [1.29, 1.82) is 0 Å². The number of hydrogen-bond acceptors (Lipinski definition) is 6. The van der Waals surface area contributed by atoms with Crippen molar-refractivity contribution >= 4 is 40.7 Å². The molecule has 1 fully saturated rings. The SMILES string of the molecule is COc1ccc(N2C(=O)C(=O)/C(=C(\O)c3cccc(Cl)c3)C2c2ccc(OC(C)=O)cc2)cc1. The lowest BCUT2D eigenvalue weighted by Crippen LogP contribution is -2.29. The van der Waals surface area contributed by atoms with Gasteiger partial charge in [0.1, 0.15) is 17.3 Å². The van der Waals surface area contributed by atoms with Crippen molar-refractivity contribution in [3.8, 4) is 11.5 Å². The summed E-state index contributed by atoms with van der Waals surface area (Å²) in [4.78, 5) is 38.9. The van der Waals surface area contributed by atoms with Gasteiger partial charge < -0.3 is 14.6 Å². The molecule has 0 aliphatic carbocycles. The summed E-state index contributed by atoms with van der Waals surface area (Å²) in [5.74, 6) is -1.54. The summed E-state index contributed by atoms with van der Waals surface area (Å²) >= 11 is 6.08. The Labute approximate surface area is 200 Å². The van der Waals surface area contributed by atoms with Crippen molar-refractivity contribution in [3.63, 3.8) is 0 Å². The average Bonchev–Trinajstić information content (AvgIpc) is 3.09. The van der Waals surface area contributed by atoms with Crippen LogP contribution in [0.2, 0.25) is 5.02 Å². The van der Waals surface area contributed by atoms with Gasteiger partial charge in [-0.25, -0.2) is 0 Å². The van der Waals surface area contributed by atoms with Crippen LogP contribution < -0.4 is 14.4 Å². The number of benzene rings is 3. The van der Waals surface area contributed by atoms with Crippen LogP contribution in [0.25, 0.3) is 5.76 Å². The lowest BCUT2D eigenvalue weighted by atomic mass is 9.95. The van der Waals surface area contributed by atoms with Crippen LogP contribution in [0.5, 0.6) is 11.5 Å². The highest BCUT2D eigenvalue weighted by atomic mass is 35.5. The summed E-state index contributed by atoms with van der Waals surface area (Å²) in [6.07, 6.45) is 0. The number of aliphatic hydroxyl groups excluding tert-OH is 1. The third kappa shape index (κ3) is 4.38. The Morgan fingerprint density at radius 3 is 2.21 bits per heavy atom. The number of rotatable bonds is 5. The highest BCUT2D eigenvalue weighted by Crippen LogP contribution is 2.43. The molecule has 1 atom stereocenters. The van der Waals surface area contributed by atoms with Gasteiger partial charge in [-0.2, -0.15) is 0 Å². The largest absolute Gasteiger partial charge is 0.507 e. The van der Waals surface area contributed by atoms with Gasteiger partial charge in [0.05, 0.1) is 18.7 Å². The lowest BCUT2D eigenvalue weighted by molar-refractivity contribution is -0.132. The van der Waals surface area contributed by atoms with E-state index >= 15 is 0 Å². The molecule has 0 bridgehead atoms. The Morgan fingerprint density at radius 2 is 1.62 bits per heavy atom. The van der Waals surface area contributed by atoms with Gasteiger partial charge in [-0.15, -0.1) is 0 Å². The maximum Gasteiger partial charge on any atom is 0.308 e. The quantitative estimate of drug-likeness (QED) is 0.185. The van der Waals surface area contributed by atoms with E-state index in [2.05, 4.69) is 0 Å². The first-order valence-corrected chi connectivity index (χ1v) is 10.7. The monoisotopic (exact) mass is 477 g/mol. The van der Waals surface area contributed by atoms with Crippen LogP contribution in [0, 0.1) is 0 Å². The molecule has 4 rings (SSSR count). The molecule has 1 aliphatic heterocycles. The van der Waals surface area contributed by atoms with Crippen LogP contribution in [0.15, 0.2) is 78.4 Å².